The van der Waals surface area contributed by atoms with Crippen molar-refractivity contribution in [2.75, 3.05) is 6.54 Å². The molecular weight excluding hydrogens is 604 g/mol. The fraction of sp³-hybridized carbons (Fsp3) is 0.387. The molecule has 0 spiro atoms. The van der Waals surface area contributed by atoms with Gasteiger partial charge in [0.1, 0.15) is 24.0 Å². The first-order chi connectivity index (χ1) is 22.2. The van der Waals surface area contributed by atoms with Gasteiger partial charge in [-0.25, -0.2) is 4.99 Å². The molecule has 15 N–H and O–H groups in total. The number of carbonyl (C=O) groups excluding carboxylic acids is 4. The number of benzene rings is 2. The van der Waals surface area contributed by atoms with Gasteiger partial charge in [0.15, 0.2) is 11.9 Å². The Bertz CT molecular complexity index is 1450. The van der Waals surface area contributed by atoms with Crippen molar-refractivity contribution in [2.24, 2.45) is 44.6 Å². The van der Waals surface area contributed by atoms with Crippen LogP contribution < -0.4 is 49.9 Å². The first-order valence-corrected chi connectivity index (χ1v) is 15.0. The summed E-state index contributed by atoms with van der Waals surface area (Å²) in [6.45, 7) is 5.19. The van der Waals surface area contributed by atoms with Crippen molar-refractivity contribution in [3.05, 3.63) is 65.2 Å². The lowest BCUT2D eigenvalue weighted by Crippen LogP contribution is -2.58. The summed E-state index contributed by atoms with van der Waals surface area (Å²) in [6.07, 6.45) is 0.737. The maximum absolute atomic E-state index is 13.6. The monoisotopic (exact) mass is 650 g/mol. The number of nitrogens with two attached hydrogens (primary N) is 5. The molecule has 0 heterocycles. The molecule has 0 bridgehead atoms. The fourth-order valence-electron chi connectivity index (χ4n) is 4.48. The minimum atomic E-state index is -1.03. The predicted octanol–water partition coefficient (Wildman–Crippen LogP) is -1.08. The number of amides is 4. The molecule has 254 valence electrons. The van der Waals surface area contributed by atoms with E-state index in [0.717, 1.165) is 5.56 Å². The molecule has 16 heteroatoms. The maximum atomic E-state index is 13.6. The van der Waals surface area contributed by atoms with Gasteiger partial charge < -0.3 is 49.9 Å². The molecule has 0 radical (unpaired) electrons. The van der Waals surface area contributed by atoms with Gasteiger partial charge in [-0.2, -0.15) is 0 Å². The Kier molecular flexibility index (Phi) is 14.6. The van der Waals surface area contributed by atoms with Gasteiger partial charge in [0.2, 0.25) is 23.6 Å². The molecule has 0 saturated carbocycles. The van der Waals surface area contributed by atoms with Crippen LogP contribution in [0.25, 0.3) is 0 Å². The number of amidine groups is 1. The molecule has 3 atom stereocenters. The van der Waals surface area contributed by atoms with E-state index in [-0.39, 0.29) is 49.6 Å². The Morgan fingerprint density at radius 1 is 0.766 bits per heavy atom. The van der Waals surface area contributed by atoms with E-state index in [4.69, 9.17) is 34.1 Å². The number of nitrogens with one attached hydrogen (secondary N) is 5. The lowest BCUT2D eigenvalue weighted by atomic mass is 10.00. The van der Waals surface area contributed by atoms with E-state index < -0.39 is 41.8 Å². The van der Waals surface area contributed by atoms with Gasteiger partial charge >= 0.3 is 0 Å². The van der Waals surface area contributed by atoms with Crippen molar-refractivity contribution in [2.45, 2.75) is 64.7 Å². The molecule has 4 amide bonds. The lowest BCUT2D eigenvalue weighted by molar-refractivity contribution is -0.134. The number of aliphatic imine (C=N–C) groups is 2. The van der Waals surface area contributed by atoms with E-state index >= 15 is 0 Å². The molecule has 2 aromatic rings. The summed E-state index contributed by atoms with van der Waals surface area (Å²) in [5.41, 5.74) is 29.7. The molecule has 47 heavy (non-hydrogen) atoms. The summed E-state index contributed by atoms with van der Waals surface area (Å²) in [6, 6.07) is 10.6. The Morgan fingerprint density at radius 2 is 1.38 bits per heavy atom. The van der Waals surface area contributed by atoms with Crippen LogP contribution in [0.1, 0.15) is 50.3 Å². The Morgan fingerprint density at radius 3 is 1.91 bits per heavy atom. The minimum Gasteiger partial charge on any atom is -0.384 e. The van der Waals surface area contributed by atoms with Gasteiger partial charge in [0, 0.05) is 32.0 Å². The van der Waals surface area contributed by atoms with Crippen molar-refractivity contribution >= 4 is 47.1 Å². The molecule has 0 aliphatic carbocycles. The van der Waals surface area contributed by atoms with Gasteiger partial charge in [0.25, 0.3) is 0 Å². The van der Waals surface area contributed by atoms with E-state index in [1.54, 1.807) is 62.4 Å². The normalized spacial score (nSPS) is 12.5. The number of hydrogen-bond donors (Lipinski definition) is 10. The number of guanidine groups is 2. The predicted molar refractivity (Wildman–Crippen MR) is 181 cm³/mol. The molecule has 3 unspecified atom stereocenters. The zero-order chi connectivity index (χ0) is 35.1. The first-order valence-electron chi connectivity index (χ1n) is 15.0. The topological polar surface area (TPSA) is 295 Å². The van der Waals surface area contributed by atoms with E-state index in [1.807, 2.05) is 0 Å². The minimum absolute atomic E-state index is 0.0737. The van der Waals surface area contributed by atoms with E-state index in [0.29, 0.717) is 23.2 Å². The Hall–Kier alpha value is -5.67. The van der Waals surface area contributed by atoms with Gasteiger partial charge in [-0.15, -0.1) is 0 Å². The summed E-state index contributed by atoms with van der Waals surface area (Å²) < 4.78 is 0. The quantitative estimate of drug-likeness (QED) is 0.0565. The molecule has 2 aromatic carbocycles. The van der Waals surface area contributed by atoms with Gasteiger partial charge in [-0.05, 0) is 42.0 Å². The molecule has 0 aromatic heterocycles. The average Bonchev–Trinajstić information content (AvgIpc) is 2.99. The standard InChI is InChI=1S/C31H46N12O4/c1-17(2)25(43-28(46)23(40-18(3)44)5-4-14-38-30(34)35)29(47)42-24(15-19-8-12-22(13-9-19)41-31(36)37)27(45)39-16-20-6-10-21(11-7-20)26(32)33/h6-13,17,23-25H,4-5,14-16H2,1-3H3,(H3,32,33)(H,39,45)(H,40,44)(H,42,47)(H,43,46)(H4,34,35,38)(H4,36,37,41). The van der Waals surface area contributed by atoms with Crippen LogP contribution in [-0.4, -0.2) is 66.1 Å². The van der Waals surface area contributed by atoms with Crippen molar-refractivity contribution in [1.82, 2.24) is 21.3 Å². The highest BCUT2D eigenvalue weighted by Crippen LogP contribution is 2.15. The summed E-state index contributed by atoms with van der Waals surface area (Å²) in [5.74, 6) is -2.67. The fourth-order valence-corrected chi connectivity index (χ4v) is 4.48. The maximum Gasteiger partial charge on any atom is 0.243 e. The summed E-state index contributed by atoms with van der Waals surface area (Å²) in [7, 11) is 0. The largest absolute Gasteiger partial charge is 0.384 e. The molecule has 16 nitrogen and oxygen atoms in total. The zero-order valence-electron chi connectivity index (χ0n) is 26.9. The van der Waals surface area contributed by atoms with Gasteiger partial charge in [-0.1, -0.05) is 50.2 Å². The van der Waals surface area contributed by atoms with Gasteiger partial charge in [-0.3, -0.25) is 29.6 Å². The first kappa shape index (κ1) is 37.5. The molecule has 0 fully saturated rings. The van der Waals surface area contributed by atoms with Crippen LogP contribution in [0.2, 0.25) is 0 Å². The third-order valence-corrected chi connectivity index (χ3v) is 6.89. The van der Waals surface area contributed by atoms with Crippen LogP contribution in [0.5, 0.6) is 0 Å². The number of nitrogen functional groups attached to an aromatic ring is 1. The average molecular weight is 651 g/mol. The third kappa shape index (κ3) is 13.5. The van der Waals surface area contributed by atoms with Crippen LogP contribution in [0.3, 0.4) is 0 Å². The highest BCUT2D eigenvalue weighted by Gasteiger charge is 2.31. The van der Waals surface area contributed by atoms with E-state index in [1.165, 1.54) is 6.92 Å². The number of hydrogen-bond acceptors (Lipinski definition) is 7. The van der Waals surface area contributed by atoms with Crippen molar-refractivity contribution < 1.29 is 19.2 Å². The third-order valence-electron chi connectivity index (χ3n) is 6.89. The Labute approximate surface area is 273 Å². The van der Waals surface area contributed by atoms with Crippen LogP contribution in [-0.2, 0) is 32.1 Å². The molecule has 0 aliphatic rings. The summed E-state index contributed by atoms with van der Waals surface area (Å²) in [5, 5.41) is 18.5. The van der Waals surface area contributed by atoms with Crippen LogP contribution in [0, 0.1) is 11.3 Å². The lowest BCUT2D eigenvalue weighted by Gasteiger charge is -2.27. The van der Waals surface area contributed by atoms with E-state index in [9.17, 15) is 19.2 Å². The summed E-state index contributed by atoms with van der Waals surface area (Å²) in [4.78, 5) is 60.1. The summed E-state index contributed by atoms with van der Waals surface area (Å²) >= 11 is 0. The van der Waals surface area contributed by atoms with Crippen LogP contribution >= 0.6 is 0 Å². The highest BCUT2D eigenvalue weighted by molar-refractivity contribution is 5.95. The number of rotatable bonds is 17. The number of nitrogens with zero attached hydrogens (tertiary/aromatic N) is 2. The second-order valence-electron chi connectivity index (χ2n) is 11.2. The van der Waals surface area contributed by atoms with Crippen LogP contribution in [0.15, 0.2) is 58.5 Å². The van der Waals surface area contributed by atoms with Crippen molar-refractivity contribution in [3.8, 4) is 0 Å². The molecule has 0 saturated heterocycles. The van der Waals surface area contributed by atoms with E-state index in [2.05, 4.69) is 31.3 Å². The SMILES string of the molecule is CC(=O)NC(CCCN=C(N)N)C(=O)NC(C(=O)NC(Cc1ccc(N=C(N)N)cc1)C(=O)NCc1ccc(C(=N)N)cc1)C(C)C. The zero-order valence-corrected chi connectivity index (χ0v) is 26.9. The molecular formula is C31H46N12O4. The van der Waals surface area contributed by atoms with Crippen molar-refractivity contribution in [3.63, 3.8) is 0 Å². The second-order valence-corrected chi connectivity index (χ2v) is 11.2. The molecule has 2 rings (SSSR count). The van der Waals surface area contributed by atoms with Crippen LogP contribution in [0.4, 0.5) is 5.69 Å². The number of carbonyl (C=O) groups is 4. The highest BCUT2D eigenvalue weighted by atomic mass is 16.2. The molecule has 0 aliphatic heterocycles. The smallest absolute Gasteiger partial charge is 0.243 e. The van der Waals surface area contributed by atoms with Gasteiger partial charge in [0.05, 0.1) is 5.69 Å². The Balaban J connectivity index is 2.25. The second kappa shape index (κ2) is 18.3. The van der Waals surface area contributed by atoms with Crippen molar-refractivity contribution in [1.29, 1.82) is 5.41 Å².